The van der Waals surface area contributed by atoms with Crippen LogP contribution in [0.2, 0.25) is 0 Å². The number of esters is 1. The van der Waals surface area contributed by atoms with Crippen molar-refractivity contribution < 1.29 is 18.7 Å². The predicted molar refractivity (Wildman–Crippen MR) is 107 cm³/mol. The van der Waals surface area contributed by atoms with E-state index in [1.165, 1.54) is 30.5 Å². The first kappa shape index (κ1) is 20.3. The van der Waals surface area contributed by atoms with E-state index in [0.29, 0.717) is 11.3 Å². The largest absolute Gasteiger partial charge is 0.452 e. The highest BCUT2D eigenvalue weighted by molar-refractivity contribution is 5.97. The first-order chi connectivity index (χ1) is 13.7. The number of hydrogen-bond donors (Lipinski definition) is 1. The molecule has 1 heterocycles. The fourth-order valence-corrected chi connectivity index (χ4v) is 2.72. The van der Waals surface area contributed by atoms with Crippen molar-refractivity contribution in [2.45, 2.75) is 26.3 Å². The number of halogens is 1. The third kappa shape index (κ3) is 5.28. The minimum Gasteiger partial charge on any atom is -0.452 e. The Morgan fingerprint density at radius 2 is 1.72 bits per heavy atom. The van der Waals surface area contributed by atoms with Crippen molar-refractivity contribution in [1.29, 1.82) is 0 Å². The number of hydrogen-bond acceptors (Lipinski definition) is 4. The van der Waals surface area contributed by atoms with Gasteiger partial charge in [-0.25, -0.2) is 13.9 Å². The minimum absolute atomic E-state index is 0.184. The summed E-state index contributed by atoms with van der Waals surface area (Å²) in [5.41, 5.74) is 1.41. The highest BCUT2D eigenvalue weighted by atomic mass is 19.1. The summed E-state index contributed by atoms with van der Waals surface area (Å²) in [6.45, 7) is 5.10. The van der Waals surface area contributed by atoms with Crippen LogP contribution in [0.4, 0.5) is 4.39 Å². The number of aromatic nitrogens is 2. The molecule has 0 aliphatic carbocycles. The molecule has 0 saturated carbocycles. The van der Waals surface area contributed by atoms with Crippen LogP contribution in [0.5, 0.6) is 0 Å². The second-order valence-electron chi connectivity index (χ2n) is 7.55. The van der Waals surface area contributed by atoms with Gasteiger partial charge in [0.15, 0.2) is 6.61 Å². The Bertz CT molecular complexity index is 1010. The number of nitrogens with zero attached hydrogens (tertiary/aromatic N) is 2. The third-order valence-electron chi connectivity index (χ3n) is 3.92. The van der Waals surface area contributed by atoms with Gasteiger partial charge in [-0.1, -0.05) is 18.2 Å². The first-order valence-corrected chi connectivity index (χ1v) is 9.12. The number of benzene rings is 2. The second kappa shape index (κ2) is 8.26. The summed E-state index contributed by atoms with van der Waals surface area (Å²) < 4.78 is 20.1. The van der Waals surface area contributed by atoms with E-state index >= 15 is 0 Å². The standard InChI is InChI=1S/C22H22FN3O3/c1-22(2,3)24-19(27)14-29-21(28)18-13-26(17-7-5-4-6-8-17)25-20(18)15-9-11-16(23)12-10-15/h4-13H,14H2,1-3H3,(H,24,27). The molecule has 0 fully saturated rings. The molecular weight excluding hydrogens is 373 g/mol. The van der Waals surface area contributed by atoms with Crippen LogP contribution < -0.4 is 5.32 Å². The average molecular weight is 395 g/mol. The van der Waals surface area contributed by atoms with Crippen LogP contribution >= 0.6 is 0 Å². The number of carbonyl (C=O) groups is 2. The second-order valence-corrected chi connectivity index (χ2v) is 7.55. The Balaban J connectivity index is 1.89. The average Bonchev–Trinajstić information content (AvgIpc) is 3.11. The Morgan fingerprint density at radius 1 is 1.07 bits per heavy atom. The van der Waals surface area contributed by atoms with Gasteiger partial charge < -0.3 is 10.1 Å². The van der Waals surface area contributed by atoms with Gasteiger partial charge in [0.25, 0.3) is 5.91 Å². The maximum absolute atomic E-state index is 13.3. The molecule has 0 radical (unpaired) electrons. The highest BCUT2D eigenvalue weighted by Gasteiger charge is 2.22. The van der Waals surface area contributed by atoms with Gasteiger partial charge in [0.05, 0.1) is 5.69 Å². The number of ether oxygens (including phenoxy) is 1. The van der Waals surface area contributed by atoms with E-state index in [1.54, 1.807) is 4.68 Å². The molecule has 3 rings (SSSR count). The number of para-hydroxylation sites is 1. The molecule has 0 saturated heterocycles. The summed E-state index contributed by atoms with van der Waals surface area (Å²) in [4.78, 5) is 24.7. The summed E-state index contributed by atoms with van der Waals surface area (Å²) in [7, 11) is 0. The Morgan fingerprint density at radius 3 is 2.34 bits per heavy atom. The van der Waals surface area contributed by atoms with Crippen molar-refractivity contribution in [1.82, 2.24) is 15.1 Å². The molecule has 29 heavy (non-hydrogen) atoms. The highest BCUT2D eigenvalue weighted by Crippen LogP contribution is 2.25. The van der Waals surface area contributed by atoms with E-state index in [-0.39, 0.29) is 11.4 Å². The SMILES string of the molecule is CC(C)(C)NC(=O)COC(=O)c1cn(-c2ccccc2)nc1-c1ccc(F)cc1. The zero-order valence-corrected chi connectivity index (χ0v) is 16.5. The van der Waals surface area contributed by atoms with Crippen LogP contribution in [-0.4, -0.2) is 33.8 Å². The van der Waals surface area contributed by atoms with Crippen molar-refractivity contribution in [2.24, 2.45) is 0 Å². The van der Waals surface area contributed by atoms with Crippen molar-refractivity contribution in [3.05, 3.63) is 72.2 Å². The van der Waals surface area contributed by atoms with Gasteiger partial charge in [-0.05, 0) is 57.2 Å². The van der Waals surface area contributed by atoms with Crippen molar-refractivity contribution >= 4 is 11.9 Å². The van der Waals surface area contributed by atoms with E-state index in [2.05, 4.69) is 10.4 Å². The Kier molecular flexibility index (Phi) is 5.77. The topological polar surface area (TPSA) is 73.2 Å². The van der Waals surface area contributed by atoms with Crippen LogP contribution in [-0.2, 0) is 9.53 Å². The maximum atomic E-state index is 13.3. The van der Waals surface area contributed by atoms with E-state index in [9.17, 15) is 14.0 Å². The summed E-state index contributed by atoms with van der Waals surface area (Å²) in [5.74, 6) is -1.47. The quantitative estimate of drug-likeness (QED) is 0.668. The molecule has 1 N–H and O–H groups in total. The molecule has 6 nitrogen and oxygen atoms in total. The van der Waals surface area contributed by atoms with Crippen LogP contribution in [0.25, 0.3) is 16.9 Å². The lowest BCUT2D eigenvalue weighted by Gasteiger charge is -2.20. The molecule has 0 atom stereocenters. The van der Waals surface area contributed by atoms with Gasteiger partial charge >= 0.3 is 5.97 Å². The Labute approximate surface area is 168 Å². The van der Waals surface area contributed by atoms with E-state index < -0.39 is 24.0 Å². The maximum Gasteiger partial charge on any atom is 0.342 e. The number of nitrogens with one attached hydrogen (secondary N) is 1. The molecule has 7 heteroatoms. The van der Waals surface area contributed by atoms with E-state index in [4.69, 9.17) is 4.74 Å². The monoisotopic (exact) mass is 395 g/mol. The summed E-state index contributed by atoms with van der Waals surface area (Å²) in [5, 5.41) is 7.21. The van der Waals surface area contributed by atoms with Gasteiger partial charge in [-0.2, -0.15) is 5.10 Å². The molecule has 150 valence electrons. The molecule has 1 aromatic heterocycles. The third-order valence-corrected chi connectivity index (χ3v) is 3.92. The number of carbonyl (C=O) groups excluding carboxylic acids is 2. The molecule has 0 bridgehead atoms. The number of amides is 1. The lowest BCUT2D eigenvalue weighted by atomic mass is 10.1. The Hall–Kier alpha value is -3.48. The van der Waals surface area contributed by atoms with Crippen LogP contribution in [0, 0.1) is 5.82 Å². The van der Waals surface area contributed by atoms with Gasteiger partial charge in [0.1, 0.15) is 17.1 Å². The minimum atomic E-state index is -0.685. The van der Waals surface area contributed by atoms with Crippen LogP contribution in [0.1, 0.15) is 31.1 Å². The molecule has 2 aromatic carbocycles. The van der Waals surface area contributed by atoms with Gasteiger partial charge in [0.2, 0.25) is 0 Å². The normalized spacial score (nSPS) is 11.2. The lowest BCUT2D eigenvalue weighted by Crippen LogP contribution is -2.42. The molecule has 0 aliphatic heterocycles. The van der Waals surface area contributed by atoms with E-state index in [0.717, 1.165) is 5.69 Å². The lowest BCUT2D eigenvalue weighted by molar-refractivity contribution is -0.125. The summed E-state index contributed by atoms with van der Waals surface area (Å²) in [6, 6.07) is 14.9. The van der Waals surface area contributed by atoms with Gasteiger partial charge in [0, 0.05) is 17.3 Å². The molecule has 1 amide bonds. The van der Waals surface area contributed by atoms with E-state index in [1.807, 2.05) is 51.1 Å². The molecule has 3 aromatic rings. The molecule has 0 spiro atoms. The van der Waals surface area contributed by atoms with Crippen LogP contribution in [0.3, 0.4) is 0 Å². The fraction of sp³-hybridized carbons (Fsp3) is 0.227. The molecule has 0 aliphatic rings. The zero-order chi connectivity index (χ0) is 21.0. The smallest absolute Gasteiger partial charge is 0.342 e. The van der Waals surface area contributed by atoms with Crippen molar-refractivity contribution in [3.8, 4) is 16.9 Å². The summed E-state index contributed by atoms with van der Waals surface area (Å²) >= 11 is 0. The zero-order valence-electron chi connectivity index (χ0n) is 16.5. The fourth-order valence-electron chi connectivity index (χ4n) is 2.72. The summed E-state index contributed by atoms with van der Waals surface area (Å²) in [6.07, 6.45) is 1.54. The van der Waals surface area contributed by atoms with Gasteiger partial charge in [-0.3, -0.25) is 4.79 Å². The van der Waals surface area contributed by atoms with Crippen LogP contribution in [0.15, 0.2) is 60.8 Å². The molecular formula is C22H22FN3O3. The predicted octanol–water partition coefficient (Wildman–Crippen LogP) is 3.75. The van der Waals surface area contributed by atoms with Crippen molar-refractivity contribution in [2.75, 3.05) is 6.61 Å². The van der Waals surface area contributed by atoms with Gasteiger partial charge in [-0.15, -0.1) is 0 Å². The number of rotatable bonds is 5. The molecule has 0 unspecified atom stereocenters. The van der Waals surface area contributed by atoms with Crippen molar-refractivity contribution in [3.63, 3.8) is 0 Å². The first-order valence-electron chi connectivity index (χ1n) is 9.12.